The van der Waals surface area contributed by atoms with Gasteiger partial charge in [0.1, 0.15) is 11.0 Å². The molecule has 2 aliphatic heterocycles. The van der Waals surface area contributed by atoms with Crippen LogP contribution in [0.2, 0.25) is 0 Å². The Labute approximate surface area is 120 Å². The average Bonchev–Trinajstić information content (AvgIpc) is 3.08. The fraction of sp³-hybridized carbons (Fsp3) is 0.250. The minimum atomic E-state index is -0.530. The van der Waals surface area contributed by atoms with Crippen molar-refractivity contribution in [2.24, 2.45) is 5.92 Å². The fourth-order valence-electron chi connectivity index (χ4n) is 2.71. The van der Waals surface area contributed by atoms with Crippen LogP contribution in [0.4, 0.5) is 0 Å². The van der Waals surface area contributed by atoms with E-state index < -0.39 is 11.2 Å². The maximum Gasteiger partial charge on any atom is 0.305 e. The van der Waals surface area contributed by atoms with Gasteiger partial charge in [0.25, 0.3) is 0 Å². The van der Waals surface area contributed by atoms with Crippen LogP contribution in [0, 0.1) is 5.92 Å². The summed E-state index contributed by atoms with van der Waals surface area (Å²) >= 11 is 2.31. The predicted molar refractivity (Wildman–Crippen MR) is 71.8 cm³/mol. The molecule has 4 heterocycles. The molecule has 0 unspecified atom stereocenters. The smallest absolute Gasteiger partial charge is 0.305 e. The zero-order chi connectivity index (χ0) is 13.9. The number of carbonyl (C=O) groups excluding carboxylic acids is 2. The van der Waals surface area contributed by atoms with Gasteiger partial charge in [-0.15, -0.1) is 0 Å². The molecule has 0 saturated carbocycles. The minimum absolute atomic E-state index is 0.188. The van der Waals surface area contributed by atoms with Crippen LogP contribution in [0.3, 0.4) is 0 Å². The molecule has 1 fully saturated rings. The number of imide groups is 1. The number of hydrogen-bond donors (Lipinski definition) is 2. The molecule has 0 radical (unpaired) electrons. The van der Waals surface area contributed by atoms with E-state index in [1.165, 1.54) is 18.0 Å². The Kier molecular flexibility index (Phi) is 2.45. The van der Waals surface area contributed by atoms with Gasteiger partial charge in [0.15, 0.2) is 0 Å². The summed E-state index contributed by atoms with van der Waals surface area (Å²) in [6, 6.07) is 3.50. The van der Waals surface area contributed by atoms with E-state index >= 15 is 0 Å². The molecule has 20 heavy (non-hydrogen) atoms. The molecule has 2 N–H and O–H groups in total. The summed E-state index contributed by atoms with van der Waals surface area (Å²) in [7, 11) is 0. The summed E-state index contributed by atoms with van der Waals surface area (Å²) in [5, 5.41) is 2.50. The van der Waals surface area contributed by atoms with E-state index in [0.717, 1.165) is 16.2 Å². The average molecular weight is 308 g/mol. The SMILES string of the molecule is O=C1NC(=O)[C@@H]2Sc3[nH]c(=O)sc3[C@@H](c3ccco3)[C@@H]12. The van der Waals surface area contributed by atoms with Gasteiger partial charge in [-0.3, -0.25) is 19.7 Å². The molecular weight excluding hydrogens is 300 g/mol. The van der Waals surface area contributed by atoms with Crippen molar-refractivity contribution in [3.63, 3.8) is 0 Å². The Morgan fingerprint density at radius 2 is 2.05 bits per heavy atom. The number of H-pyrrole nitrogens is 1. The van der Waals surface area contributed by atoms with E-state index in [2.05, 4.69) is 10.3 Å². The first kappa shape index (κ1) is 12.0. The van der Waals surface area contributed by atoms with Crippen molar-refractivity contribution in [3.05, 3.63) is 38.7 Å². The van der Waals surface area contributed by atoms with Crippen LogP contribution in [0.15, 0.2) is 32.6 Å². The molecule has 2 amide bonds. The Morgan fingerprint density at radius 3 is 2.80 bits per heavy atom. The molecule has 2 aliphatic rings. The topological polar surface area (TPSA) is 92.2 Å². The largest absolute Gasteiger partial charge is 0.469 e. The number of thioether (sulfide) groups is 1. The van der Waals surface area contributed by atoms with Crippen molar-refractivity contribution in [2.75, 3.05) is 0 Å². The summed E-state index contributed by atoms with van der Waals surface area (Å²) in [5.41, 5.74) is 0. The first-order chi connectivity index (χ1) is 9.65. The maximum absolute atomic E-state index is 12.1. The molecule has 0 aromatic carbocycles. The number of rotatable bonds is 1. The number of fused-ring (bicyclic) bond motifs is 2. The highest BCUT2D eigenvalue weighted by Crippen LogP contribution is 2.50. The lowest BCUT2D eigenvalue weighted by Gasteiger charge is -2.27. The number of aromatic nitrogens is 1. The monoisotopic (exact) mass is 308 g/mol. The van der Waals surface area contributed by atoms with Crippen LogP contribution in [0.25, 0.3) is 0 Å². The first-order valence-corrected chi connectivity index (χ1v) is 7.62. The highest BCUT2D eigenvalue weighted by Gasteiger charge is 2.53. The van der Waals surface area contributed by atoms with E-state index in [1.807, 2.05) is 0 Å². The molecule has 0 aliphatic carbocycles. The molecule has 6 nitrogen and oxygen atoms in total. The Bertz CT molecular complexity index is 761. The number of thiazole rings is 1. The van der Waals surface area contributed by atoms with E-state index in [9.17, 15) is 14.4 Å². The predicted octanol–water partition coefficient (Wildman–Crippen LogP) is 0.908. The van der Waals surface area contributed by atoms with Crippen LogP contribution in [0.5, 0.6) is 0 Å². The highest BCUT2D eigenvalue weighted by molar-refractivity contribution is 8.00. The van der Waals surface area contributed by atoms with Gasteiger partial charge in [-0.05, 0) is 12.1 Å². The molecular formula is C12H8N2O4S2. The Balaban J connectivity index is 1.94. The van der Waals surface area contributed by atoms with Crippen molar-refractivity contribution in [3.8, 4) is 0 Å². The van der Waals surface area contributed by atoms with E-state index in [1.54, 1.807) is 12.1 Å². The van der Waals surface area contributed by atoms with Gasteiger partial charge in [-0.1, -0.05) is 23.1 Å². The van der Waals surface area contributed by atoms with Crippen LogP contribution >= 0.6 is 23.1 Å². The summed E-state index contributed by atoms with van der Waals surface area (Å²) in [6.07, 6.45) is 1.52. The summed E-state index contributed by atoms with van der Waals surface area (Å²) in [5.74, 6) is -0.930. The second-order valence-corrected chi connectivity index (χ2v) is 6.79. The van der Waals surface area contributed by atoms with Crippen LogP contribution in [0.1, 0.15) is 16.6 Å². The zero-order valence-electron chi connectivity index (χ0n) is 9.91. The first-order valence-electron chi connectivity index (χ1n) is 5.93. The van der Waals surface area contributed by atoms with Crippen LogP contribution in [-0.2, 0) is 9.59 Å². The molecule has 2 aromatic rings. The lowest BCUT2D eigenvalue weighted by Crippen LogP contribution is -2.30. The van der Waals surface area contributed by atoms with E-state index in [4.69, 9.17) is 4.42 Å². The molecule has 4 rings (SSSR count). The van der Waals surface area contributed by atoms with Gasteiger partial charge in [-0.25, -0.2) is 0 Å². The fourth-order valence-corrected chi connectivity index (χ4v) is 5.17. The van der Waals surface area contributed by atoms with Crippen LogP contribution < -0.4 is 10.2 Å². The van der Waals surface area contributed by atoms with Crippen molar-refractivity contribution < 1.29 is 14.0 Å². The molecule has 102 valence electrons. The Morgan fingerprint density at radius 1 is 1.20 bits per heavy atom. The van der Waals surface area contributed by atoms with E-state index in [0.29, 0.717) is 10.8 Å². The number of carbonyl (C=O) groups is 2. The van der Waals surface area contributed by atoms with Crippen molar-refractivity contribution in [2.45, 2.75) is 16.2 Å². The minimum Gasteiger partial charge on any atom is -0.469 e. The third kappa shape index (κ3) is 1.55. The highest BCUT2D eigenvalue weighted by atomic mass is 32.2. The Hall–Kier alpha value is -1.80. The summed E-state index contributed by atoms with van der Waals surface area (Å²) < 4.78 is 5.42. The maximum atomic E-state index is 12.1. The van der Waals surface area contributed by atoms with Crippen molar-refractivity contribution >= 4 is 34.9 Å². The molecule has 0 bridgehead atoms. The summed E-state index contributed by atoms with van der Waals surface area (Å²) in [4.78, 5) is 38.8. The third-order valence-electron chi connectivity index (χ3n) is 3.51. The molecule has 0 spiro atoms. The number of nitrogens with one attached hydrogen (secondary N) is 2. The lowest BCUT2D eigenvalue weighted by atomic mass is 9.87. The number of amides is 2. The van der Waals surface area contributed by atoms with Crippen molar-refractivity contribution in [1.29, 1.82) is 0 Å². The van der Waals surface area contributed by atoms with Gasteiger partial charge in [0.2, 0.25) is 11.8 Å². The van der Waals surface area contributed by atoms with Crippen molar-refractivity contribution in [1.82, 2.24) is 10.3 Å². The van der Waals surface area contributed by atoms with E-state index in [-0.39, 0.29) is 22.6 Å². The van der Waals surface area contributed by atoms with Gasteiger partial charge >= 0.3 is 4.87 Å². The van der Waals surface area contributed by atoms with Gasteiger partial charge in [0.05, 0.1) is 28.0 Å². The summed E-state index contributed by atoms with van der Waals surface area (Å²) in [6.45, 7) is 0. The molecule has 2 aromatic heterocycles. The molecule has 1 saturated heterocycles. The number of aromatic amines is 1. The molecule has 8 heteroatoms. The zero-order valence-corrected chi connectivity index (χ0v) is 11.5. The van der Waals surface area contributed by atoms with Gasteiger partial charge < -0.3 is 9.40 Å². The lowest BCUT2D eigenvalue weighted by molar-refractivity contribution is -0.125. The second kappa shape index (κ2) is 4.10. The van der Waals surface area contributed by atoms with Crippen LogP contribution in [-0.4, -0.2) is 22.0 Å². The normalized spacial score (nSPS) is 28.1. The standard InChI is InChI=1S/C12H8N2O4S2/c15-9-6-5(4-2-1-3-18-4)8-11(14-12(17)20-8)19-7(6)10(16)13-9/h1-3,5-7H,(H,14,17)(H,13,15,16)/t5-,6+,7+/m0/s1. The van der Waals surface area contributed by atoms with Gasteiger partial charge in [0, 0.05) is 0 Å². The number of furan rings is 1. The molecule has 3 atom stereocenters. The number of hydrogen-bond acceptors (Lipinski definition) is 6. The third-order valence-corrected chi connectivity index (χ3v) is 5.93. The van der Waals surface area contributed by atoms with Gasteiger partial charge in [-0.2, -0.15) is 0 Å². The quantitative estimate of drug-likeness (QED) is 0.764. The second-order valence-electron chi connectivity index (χ2n) is 4.62.